The summed E-state index contributed by atoms with van der Waals surface area (Å²) in [5, 5.41) is 9.02. The quantitative estimate of drug-likeness (QED) is 0.645. The third kappa shape index (κ3) is 2.86. The molecular formula is C9H15N3O5S. The number of nitrogens with zero attached hydrogens (tertiary/aromatic N) is 2. The van der Waals surface area contributed by atoms with Crippen molar-refractivity contribution < 1.29 is 13.5 Å². The molecule has 0 unspecified atom stereocenters. The number of hydrogen-bond donors (Lipinski definition) is 2. The van der Waals surface area contributed by atoms with Gasteiger partial charge in [-0.3, -0.25) is 9.36 Å². The maximum Gasteiger partial charge on any atom is 0.330 e. The summed E-state index contributed by atoms with van der Waals surface area (Å²) in [5.41, 5.74) is -1.52. The van der Waals surface area contributed by atoms with Gasteiger partial charge in [0.05, 0.1) is 6.10 Å². The van der Waals surface area contributed by atoms with E-state index in [1.807, 2.05) is 0 Å². The summed E-state index contributed by atoms with van der Waals surface area (Å²) in [4.78, 5) is 22.6. The van der Waals surface area contributed by atoms with Gasteiger partial charge in [-0.05, 0) is 6.92 Å². The summed E-state index contributed by atoms with van der Waals surface area (Å²) in [5.74, 6) is 0. The van der Waals surface area contributed by atoms with Crippen LogP contribution in [0.4, 0.5) is 0 Å². The fourth-order valence-corrected chi connectivity index (χ4v) is 2.55. The fraction of sp³-hybridized carbons (Fsp3) is 0.556. The molecule has 0 radical (unpaired) electrons. The second kappa shape index (κ2) is 5.04. The molecule has 0 aliphatic carbocycles. The average molecular weight is 277 g/mol. The van der Waals surface area contributed by atoms with Crippen molar-refractivity contribution in [1.29, 1.82) is 0 Å². The van der Waals surface area contributed by atoms with Crippen molar-refractivity contribution >= 4 is 10.0 Å². The summed E-state index contributed by atoms with van der Waals surface area (Å²) < 4.78 is 27.4. The highest BCUT2D eigenvalue weighted by Crippen LogP contribution is 1.99. The van der Waals surface area contributed by atoms with E-state index >= 15 is 0 Å². The summed E-state index contributed by atoms with van der Waals surface area (Å²) in [6.45, 7) is 1.19. The molecule has 0 saturated heterocycles. The van der Waals surface area contributed by atoms with Crippen molar-refractivity contribution in [2.75, 3.05) is 6.54 Å². The van der Waals surface area contributed by atoms with Crippen LogP contribution in [0.3, 0.4) is 0 Å². The van der Waals surface area contributed by atoms with Crippen LogP contribution < -0.4 is 16.0 Å². The first-order valence-electron chi connectivity index (χ1n) is 5.11. The number of aliphatic hydroxyl groups is 1. The Morgan fingerprint density at radius 2 is 1.94 bits per heavy atom. The minimum atomic E-state index is -4.05. The lowest BCUT2D eigenvalue weighted by atomic mass is 10.4. The molecule has 9 heteroatoms. The molecule has 0 saturated carbocycles. The third-order valence-corrected chi connectivity index (χ3v) is 3.68. The molecule has 102 valence electrons. The molecule has 0 spiro atoms. The number of aliphatic hydroxyl groups excluding tert-OH is 1. The highest BCUT2D eigenvalue weighted by atomic mass is 32.2. The molecule has 1 heterocycles. The molecule has 2 N–H and O–H groups in total. The van der Waals surface area contributed by atoms with Gasteiger partial charge >= 0.3 is 5.69 Å². The summed E-state index contributed by atoms with van der Waals surface area (Å²) >= 11 is 0. The lowest BCUT2D eigenvalue weighted by molar-refractivity contribution is 0.198. The SMILES string of the molecule is C[C@H](O)CNS(=O)(=O)c1cn(C)c(=O)n(C)c1=O. The number of rotatable bonds is 4. The number of hydrogen-bond acceptors (Lipinski definition) is 5. The van der Waals surface area contributed by atoms with Gasteiger partial charge in [0.25, 0.3) is 5.56 Å². The van der Waals surface area contributed by atoms with E-state index in [9.17, 15) is 18.0 Å². The van der Waals surface area contributed by atoms with Gasteiger partial charge in [-0.25, -0.2) is 17.9 Å². The summed E-state index contributed by atoms with van der Waals surface area (Å²) in [6.07, 6.45) is 0.0749. The van der Waals surface area contributed by atoms with Gasteiger partial charge in [-0.1, -0.05) is 0 Å². The largest absolute Gasteiger partial charge is 0.392 e. The van der Waals surface area contributed by atoms with E-state index in [2.05, 4.69) is 4.72 Å². The Balaban J connectivity index is 3.35. The molecule has 18 heavy (non-hydrogen) atoms. The van der Waals surface area contributed by atoms with E-state index < -0.39 is 32.3 Å². The normalized spacial score (nSPS) is 13.6. The van der Waals surface area contributed by atoms with Crippen LogP contribution >= 0.6 is 0 Å². The van der Waals surface area contributed by atoms with E-state index in [-0.39, 0.29) is 6.54 Å². The zero-order valence-corrected chi connectivity index (χ0v) is 11.1. The molecule has 0 fully saturated rings. The van der Waals surface area contributed by atoms with Gasteiger partial charge in [-0.15, -0.1) is 0 Å². The molecule has 8 nitrogen and oxygen atoms in total. The first-order chi connectivity index (χ1) is 8.16. The number of nitrogens with one attached hydrogen (secondary N) is 1. The van der Waals surface area contributed by atoms with Crippen molar-refractivity contribution in [1.82, 2.24) is 13.9 Å². The minimum Gasteiger partial charge on any atom is -0.392 e. The third-order valence-electron chi connectivity index (χ3n) is 2.27. The van der Waals surface area contributed by atoms with Crippen LogP contribution in [0.5, 0.6) is 0 Å². The number of aromatic nitrogens is 2. The van der Waals surface area contributed by atoms with Gasteiger partial charge in [0, 0.05) is 26.8 Å². The smallest absolute Gasteiger partial charge is 0.330 e. The maximum absolute atomic E-state index is 11.8. The molecule has 1 aromatic rings. The Kier molecular flexibility index (Phi) is 4.09. The van der Waals surface area contributed by atoms with Crippen molar-refractivity contribution in [3.05, 3.63) is 27.0 Å². The van der Waals surface area contributed by atoms with Crippen molar-refractivity contribution in [3.63, 3.8) is 0 Å². The van der Waals surface area contributed by atoms with E-state index in [0.717, 1.165) is 10.8 Å². The van der Waals surface area contributed by atoms with E-state index in [1.165, 1.54) is 21.0 Å². The van der Waals surface area contributed by atoms with Crippen LogP contribution in [-0.2, 0) is 24.1 Å². The van der Waals surface area contributed by atoms with E-state index in [0.29, 0.717) is 4.57 Å². The maximum atomic E-state index is 11.8. The first-order valence-corrected chi connectivity index (χ1v) is 6.59. The van der Waals surface area contributed by atoms with Gasteiger partial charge in [0.2, 0.25) is 10.0 Å². The molecule has 1 rings (SSSR count). The van der Waals surface area contributed by atoms with Crippen molar-refractivity contribution in [2.45, 2.75) is 17.9 Å². The molecule has 0 bridgehead atoms. The van der Waals surface area contributed by atoms with Crippen LogP contribution in [-0.4, -0.2) is 35.3 Å². The Hall–Kier alpha value is -1.45. The highest BCUT2D eigenvalue weighted by Gasteiger charge is 2.21. The Labute approximate surface area is 104 Å². The fourth-order valence-electron chi connectivity index (χ4n) is 1.27. The predicted molar refractivity (Wildman–Crippen MR) is 63.8 cm³/mol. The Bertz CT molecular complexity index is 656. The highest BCUT2D eigenvalue weighted by molar-refractivity contribution is 7.89. The second-order valence-corrected chi connectivity index (χ2v) is 5.69. The second-order valence-electron chi connectivity index (χ2n) is 3.95. The van der Waals surface area contributed by atoms with Crippen LogP contribution in [0.15, 0.2) is 20.7 Å². The zero-order chi connectivity index (χ0) is 14.1. The van der Waals surface area contributed by atoms with E-state index in [1.54, 1.807) is 0 Å². The molecular weight excluding hydrogens is 262 g/mol. The molecule has 0 aliphatic rings. The van der Waals surface area contributed by atoms with Crippen LogP contribution in [0, 0.1) is 0 Å². The minimum absolute atomic E-state index is 0.214. The molecule has 0 amide bonds. The topological polar surface area (TPSA) is 110 Å². The van der Waals surface area contributed by atoms with Gasteiger partial charge < -0.3 is 9.67 Å². The Morgan fingerprint density at radius 3 is 2.44 bits per heavy atom. The number of sulfonamides is 1. The Morgan fingerprint density at radius 1 is 1.39 bits per heavy atom. The predicted octanol–water partition coefficient (Wildman–Crippen LogP) is -2.26. The van der Waals surface area contributed by atoms with Crippen LogP contribution in [0.2, 0.25) is 0 Å². The van der Waals surface area contributed by atoms with Gasteiger partial charge in [0.1, 0.15) is 0 Å². The lowest BCUT2D eigenvalue weighted by Gasteiger charge is -2.10. The van der Waals surface area contributed by atoms with Crippen LogP contribution in [0.1, 0.15) is 6.92 Å². The number of aryl methyl sites for hydroxylation is 1. The van der Waals surface area contributed by atoms with Gasteiger partial charge in [-0.2, -0.15) is 0 Å². The summed E-state index contributed by atoms with van der Waals surface area (Å²) in [7, 11) is -1.52. The molecule has 0 aliphatic heterocycles. The summed E-state index contributed by atoms with van der Waals surface area (Å²) in [6, 6.07) is 0. The van der Waals surface area contributed by atoms with Gasteiger partial charge in [0.15, 0.2) is 4.90 Å². The average Bonchev–Trinajstić information content (AvgIpc) is 2.28. The lowest BCUT2D eigenvalue weighted by Crippen LogP contribution is -2.42. The molecule has 1 atom stereocenters. The molecule has 0 aromatic carbocycles. The van der Waals surface area contributed by atoms with Crippen molar-refractivity contribution in [2.24, 2.45) is 14.1 Å². The zero-order valence-electron chi connectivity index (χ0n) is 10.2. The molecule has 1 aromatic heterocycles. The first kappa shape index (κ1) is 14.6. The standard InChI is InChI=1S/C9H15N3O5S/c1-6(13)4-10-18(16,17)7-5-11(2)9(15)12(3)8(7)14/h5-6,10,13H,4H2,1-3H3/t6-/m0/s1. The van der Waals surface area contributed by atoms with E-state index in [4.69, 9.17) is 5.11 Å². The monoisotopic (exact) mass is 277 g/mol. The van der Waals surface area contributed by atoms with Crippen LogP contribution in [0.25, 0.3) is 0 Å². The van der Waals surface area contributed by atoms with Crippen molar-refractivity contribution in [3.8, 4) is 0 Å².